The number of carboxylic acid groups (broad SMARTS) is 1. The van der Waals surface area contributed by atoms with Crippen LogP contribution in [0.25, 0.3) is 0 Å². The lowest BCUT2D eigenvalue weighted by atomic mass is 9.63. The topological polar surface area (TPSA) is 93.2 Å². The van der Waals surface area contributed by atoms with Crippen molar-refractivity contribution < 1.29 is 19.5 Å². The number of carbonyl (C=O) groups excluding carboxylic acids is 2. The molecule has 9 unspecified atom stereocenters. The van der Waals surface area contributed by atoms with Gasteiger partial charge in [0, 0.05) is 30.6 Å². The minimum atomic E-state index is -1.03. The summed E-state index contributed by atoms with van der Waals surface area (Å²) >= 11 is 0. The highest BCUT2D eigenvalue weighted by molar-refractivity contribution is 6.06. The van der Waals surface area contributed by atoms with E-state index in [1.54, 1.807) is 0 Å². The number of likely N-dealkylation sites (tertiary alicyclic amines) is 1. The molecule has 0 aromatic heterocycles. The molecule has 41 heavy (non-hydrogen) atoms. The Morgan fingerprint density at radius 2 is 1.63 bits per heavy atom. The third-order valence-electron chi connectivity index (χ3n) is 12.3. The van der Waals surface area contributed by atoms with Gasteiger partial charge in [-0.2, -0.15) is 0 Å². The summed E-state index contributed by atoms with van der Waals surface area (Å²) in [6.45, 7) is -0.357. The average molecular weight is 561 g/mol. The minimum Gasteiger partial charge on any atom is -0.480 e. The van der Waals surface area contributed by atoms with Crippen LogP contribution in [0.1, 0.15) is 83.5 Å². The molecule has 8 nitrogen and oxygen atoms in total. The number of nitrogens with zero attached hydrogens (tertiary/aromatic N) is 3. The van der Waals surface area contributed by atoms with Crippen molar-refractivity contribution in [3.05, 3.63) is 24.3 Å². The van der Waals surface area contributed by atoms with Crippen LogP contribution in [-0.2, 0) is 14.4 Å². The van der Waals surface area contributed by atoms with Crippen molar-refractivity contribution in [1.29, 1.82) is 0 Å². The van der Waals surface area contributed by atoms with Crippen LogP contribution in [0, 0.1) is 23.7 Å². The molecular weight excluding hydrogens is 516 g/mol. The lowest BCUT2D eigenvalue weighted by Gasteiger charge is -2.56. The van der Waals surface area contributed by atoms with Gasteiger partial charge in [-0.15, -0.1) is 0 Å². The van der Waals surface area contributed by atoms with Gasteiger partial charge in [0.2, 0.25) is 5.91 Å². The van der Waals surface area contributed by atoms with Crippen molar-refractivity contribution in [2.24, 2.45) is 23.7 Å². The van der Waals surface area contributed by atoms with E-state index in [4.69, 9.17) is 0 Å². The lowest BCUT2D eigenvalue weighted by Crippen LogP contribution is -2.65. The number of anilines is 2. The zero-order chi connectivity index (χ0) is 27.8. The highest BCUT2D eigenvalue weighted by Gasteiger charge is 2.54. The molecule has 3 aliphatic carbocycles. The molecule has 6 fully saturated rings. The highest BCUT2D eigenvalue weighted by atomic mass is 16.4. The van der Waals surface area contributed by atoms with E-state index in [-0.39, 0.29) is 24.4 Å². The Morgan fingerprint density at radius 1 is 0.854 bits per heavy atom. The lowest BCUT2D eigenvalue weighted by molar-refractivity contribution is -0.149. The fraction of sp³-hybridized carbons (Fsp3) is 0.727. The first-order valence-electron chi connectivity index (χ1n) is 16.4. The van der Waals surface area contributed by atoms with Gasteiger partial charge in [-0.25, -0.2) is 0 Å². The van der Waals surface area contributed by atoms with Crippen LogP contribution in [-0.4, -0.2) is 75.5 Å². The molecule has 1 aromatic carbocycles. The Kier molecular flexibility index (Phi) is 6.35. The van der Waals surface area contributed by atoms with Crippen LogP contribution in [0.3, 0.4) is 0 Å². The van der Waals surface area contributed by atoms with Crippen LogP contribution >= 0.6 is 0 Å². The minimum absolute atomic E-state index is 0.00241. The molecule has 7 aliphatic rings. The summed E-state index contributed by atoms with van der Waals surface area (Å²) in [5.41, 5.74) is 1.85. The van der Waals surface area contributed by atoms with Gasteiger partial charge in [-0.1, -0.05) is 18.6 Å². The Labute approximate surface area is 242 Å². The van der Waals surface area contributed by atoms with Crippen molar-refractivity contribution >= 4 is 29.2 Å². The molecule has 220 valence electrons. The second kappa shape index (κ2) is 9.99. The number of para-hydroxylation sites is 2. The highest BCUT2D eigenvalue weighted by Crippen LogP contribution is 2.59. The number of hydrogen-bond donors (Lipinski definition) is 2. The first kappa shape index (κ1) is 26.1. The van der Waals surface area contributed by atoms with E-state index in [9.17, 15) is 19.5 Å². The van der Waals surface area contributed by atoms with E-state index < -0.39 is 18.1 Å². The predicted octanol–water partition coefficient (Wildman–Crippen LogP) is 4.49. The van der Waals surface area contributed by atoms with Crippen LogP contribution in [0.5, 0.6) is 0 Å². The average Bonchev–Trinajstić information content (AvgIpc) is 3.17. The maximum absolute atomic E-state index is 14.5. The molecule has 8 rings (SSSR count). The molecule has 1 aromatic rings. The number of carbonyl (C=O) groups is 3. The molecule has 0 radical (unpaired) electrons. The van der Waals surface area contributed by atoms with Crippen LogP contribution in [0.2, 0.25) is 0 Å². The van der Waals surface area contributed by atoms with Gasteiger partial charge in [0.15, 0.2) is 0 Å². The molecule has 9 atom stereocenters. The molecule has 4 heterocycles. The van der Waals surface area contributed by atoms with Crippen molar-refractivity contribution in [2.45, 2.75) is 120 Å². The van der Waals surface area contributed by atoms with Gasteiger partial charge in [-0.05, 0) is 106 Å². The second-order valence-electron chi connectivity index (χ2n) is 14.4. The number of hydrogen-bond acceptors (Lipinski definition) is 5. The summed E-state index contributed by atoms with van der Waals surface area (Å²) in [4.78, 5) is 45.5. The quantitative estimate of drug-likeness (QED) is 0.551. The Hall–Kier alpha value is -2.61. The first-order chi connectivity index (χ1) is 19.9. The van der Waals surface area contributed by atoms with Crippen LogP contribution < -0.4 is 10.2 Å². The summed E-state index contributed by atoms with van der Waals surface area (Å²) in [7, 11) is 0. The maximum atomic E-state index is 14.5. The summed E-state index contributed by atoms with van der Waals surface area (Å²) in [6, 6.07) is 8.87. The van der Waals surface area contributed by atoms with Crippen molar-refractivity contribution in [3.8, 4) is 0 Å². The molecule has 4 bridgehead atoms. The molecule has 2 amide bonds. The van der Waals surface area contributed by atoms with Crippen molar-refractivity contribution in [3.63, 3.8) is 0 Å². The molecule has 3 saturated carbocycles. The number of fused-ring (bicyclic) bond motifs is 4. The van der Waals surface area contributed by atoms with E-state index in [1.807, 2.05) is 18.2 Å². The molecule has 2 N–H and O–H groups in total. The van der Waals surface area contributed by atoms with E-state index >= 15 is 0 Å². The largest absolute Gasteiger partial charge is 0.480 e. The van der Waals surface area contributed by atoms with E-state index in [2.05, 4.69) is 21.2 Å². The van der Waals surface area contributed by atoms with Gasteiger partial charge >= 0.3 is 5.97 Å². The smallest absolute Gasteiger partial charge is 0.323 e. The van der Waals surface area contributed by atoms with Gasteiger partial charge in [0.05, 0.1) is 17.4 Å². The number of piperidine rings is 3. The second-order valence-corrected chi connectivity index (χ2v) is 14.4. The fourth-order valence-electron chi connectivity index (χ4n) is 10.8. The van der Waals surface area contributed by atoms with Crippen molar-refractivity contribution in [2.75, 3.05) is 16.8 Å². The van der Waals surface area contributed by atoms with E-state index in [0.717, 1.165) is 47.9 Å². The summed E-state index contributed by atoms with van der Waals surface area (Å²) in [5, 5.41) is 13.0. The Morgan fingerprint density at radius 3 is 2.44 bits per heavy atom. The SMILES string of the molecule is O=C(O)CN1C(=O)CCCC1C1Nc2ccccc2N(C2CC3CCCC(C2)N3C2CC3CC4CC(C2)C4C3)C1=O. The summed E-state index contributed by atoms with van der Waals surface area (Å²) in [6.07, 6.45) is 14.6. The summed E-state index contributed by atoms with van der Waals surface area (Å²) in [5.74, 6) is 2.73. The van der Waals surface area contributed by atoms with E-state index in [1.165, 1.54) is 56.3 Å². The third kappa shape index (κ3) is 4.30. The molecule has 8 heteroatoms. The van der Waals surface area contributed by atoms with Gasteiger partial charge < -0.3 is 20.2 Å². The molecule has 4 aliphatic heterocycles. The number of carboxylic acids is 1. The monoisotopic (exact) mass is 560 g/mol. The van der Waals surface area contributed by atoms with Crippen molar-refractivity contribution in [1.82, 2.24) is 9.80 Å². The standard InChI is InChI=1S/C33H44N4O4/c38-30-10-4-9-29(35(30)18-31(39)40)32-33(41)37(28-8-2-1-7-27(28)34-32)25-16-22-5-3-6-23(17-25)36(22)24-12-19-11-20-14-21(15-24)26(20)13-19/h1-2,7-8,19-26,29,32,34H,3-6,9-18H2,(H,39,40). The van der Waals surface area contributed by atoms with Crippen LogP contribution in [0.15, 0.2) is 24.3 Å². The molecule has 0 spiro atoms. The normalized spacial score (nSPS) is 41.8. The van der Waals surface area contributed by atoms with Crippen LogP contribution in [0.4, 0.5) is 11.4 Å². The van der Waals surface area contributed by atoms with E-state index in [0.29, 0.717) is 37.4 Å². The maximum Gasteiger partial charge on any atom is 0.323 e. The zero-order valence-electron chi connectivity index (χ0n) is 24.0. The first-order valence-corrected chi connectivity index (χ1v) is 16.4. The van der Waals surface area contributed by atoms with Gasteiger partial charge in [0.1, 0.15) is 12.6 Å². The Bertz CT molecular complexity index is 1220. The zero-order valence-corrected chi connectivity index (χ0v) is 24.0. The predicted molar refractivity (Wildman–Crippen MR) is 155 cm³/mol. The molecule has 3 saturated heterocycles. The number of aliphatic carboxylic acids is 1. The Balaban J connectivity index is 1.07. The number of benzene rings is 1. The summed E-state index contributed by atoms with van der Waals surface area (Å²) < 4.78 is 0. The van der Waals surface area contributed by atoms with Gasteiger partial charge in [-0.3, -0.25) is 19.3 Å². The fourth-order valence-corrected chi connectivity index (χ4v) is 10.8. The third-order valence-corrected chi connectivity index (χ3v) is 12.3. The molecular formula is C33H44N4O4. The van der Waals surface area contributed by atoms with Gasteiger partial charge in [0.25, 0.3) is 5.91 Å². The number of amides is 2. The number of rotatable bonds is 5. The number of nitrogens with one attached hydrogen (secondary N) is 1.